The third kappa shape index (κ3) is 50.7. The molecule has 0 spiro atoms. The molecule has 0 bridgehead atoms. The fourth-order valence-electron chi connectivity index (χ4n) is 1.41. The average Bonchev–Trinajstić information content (AvgIpc) is 2.87. The minimum atomic E-state index is -0.981. The highest BCUT2D eigenvalue weighted by Gasteiger charge is 1.98. The first-order valence-electron chi connectivity index (χ1n) is 11.0. The number of hydrogen-bond acceptors (Lipinski definition) is 8. The van der Waals surface area contributed by atoms with Crippen LogP contribution in [0.4, 0.5) is 0 Å². The lowest BCUT2D eigenvalue weighted by molar-refractivity contribution is -0.139. The van der Waals surface area contributed by atoms with Crippen LogP contribution in [0.3, 0.4) is 0 Å². The summed E-state index contributed by atoms with van der Waals surface area (Å²) in [4.78, 5) is 60.5. The van der Waals surface area contributed by atoms with Crippen molar-refractivity contribution in [2.75, 3.05) is 13.2 Å². The first-order valence-corrected chi connectivity index (χ1v) is 11.0. The zero-order valence-electron chi connectivity index (χ0n) is 21.8. The van der Waals surface area contributed by atoms with Crippen LogP contribution in [-0.2, 0) is 38.2 Å². The molecule has 0 amide bonds. The number of ether oxygens (including phenoxy) is 2. The fraction of sp³-hybridized carbons (Fsp3) is 0.259. The Kier molecular flexibility index (Phi) is 32.7. The van der Waals surface area contributed by atoms with E-state index in [-0.39, 0.29) is 18.8 Å². The van der Waals surface area contributed by atoms with Gasteiger partial charge < -0.3 is 29.9 Å². The van der Waals surface area contributed by atoms with Crippen LogP contribution in [0.25, 0.3) is 0 Å². The number of carbonyl (C=O) groups excluding carboxylic acids is 2. The summed E-state index contributed by atoms with van der Waals surface area (Å²) in [5, 5.41) is 32.0. The molecule has 0 atom stereocenters. The van der Waals surface area contributed by atoms with Crippen LogP contribution in [0.2, 0.25) is 0 Å². The fourth-order valence-corrected chi connectivity index (χ4v) is 1.41. The largest absolute Gasteiger partial charge is 0.478 e. The lowest BCUT2D eigenvalue weighted by Crippen LogP contribution is -2.04. The molecule has 0 radical (unpaired) electrons. The zero-order chi connectivity index (χ0) is 31.1. The van der Waals surface area contributed by atoms with Crippen molar-refractivity contribution in [3.63, 3.8) is 0 Å². The number of rotatable bonds is 15. The molecule has 39 heavy (non-hydrogen) atoms. The van der Waals surface area contributed by atoms with Crippen molar-refractivity contribution >= 4 is 35.8 Å². The van der Waals surface area contributed by atoms with Crippen molar-refractivity contribution in [3.8, 4) is 0 Å². The van der Waals surface area contributed by atoms with Crippen molar-refractivity contribution in [1.82, 2.24) is 0 Å². The number of allylic oxidation sites excluding steroid dienone is 2. The molecule has 0 unspecified atom stereocenters. The zero-order valence-corrected chi connectivity index (χ0v) is 21.8. The van der Waals surface area contributed by atoms with Gasteiger partial charge in [0.15, 0.2) is 0 Å². The summed E-state index contributed by atoms with van der Waals surface area (Å²) in [6.45, 7) is 14.5. The average molecular weight is 553 g/mol. The molecule has 0 saturated heterocycles. The van der Waals surface area contributed by atoms with Crippen LogP contribution in [0.15, 0.2) is 86.6 Å². The number of unbranched alkanes of at least 4 members (excludes halogenated alkanes) is 3. The van der Waals surface area contributed by atoms with E-state index in [4.69, 9.17) is 20.4 Å². The second kappa shape index (κ2) is 31.0. The second-order valence-electron chi connectivity index (χ2n) is 6.56. The number of carboxylic acids is 4. The quantitative estimate of drug-likeness (QED) is 0.0993. The molecule has 12 nitrogen and oxygen atoms in total. The number of hydrogen-bond donors (Lipinski definition) is 4. The summed E-state index contributed by atoms with van der Waals surface area (Å²) in [6.07, 6.45) is 14.3. The molecule has 12 heteroatoms. The van der Waals surface area contributed by atoms with Crippen LogP contribution in [0.1, 0.15) is 32.6 Å². The van der Waals surface area contributed by atoms with E-state index in [1.54, 1.807) is 12.2 Å². The normalized spacial score (nSPS) is 9.36. The maximum Gasteiger partial charge on any atom is 0.331 e. The summed E-state index contributed by atoms with van der Waals surface area (Å²) in [5.41, 5.74) is 0.176. The SMILES string of the molecule is C=C(C)C(=O)O.C=CC(=O)O.C=CCOC(=O)C=CC(=O)OCC=C.O=C(O)C=CCCCCC=CC(=O)O. The van der Waals surface area contributed by atoms with Gasteiger partial charge in [-0.15, -0.1) is 0 Å². The first-order chi connectivity index (χ1) is 18.2. The number of carbonyl (C=O) groups is 6. The van der Waals surface area contributed by atoms with Crippen LogP contribution < -0.4 is 0 Å². The highest BCUT2D eigenvalue weighted by molar-refractivity contribution is 5.91. The van der Waals surface area contributed by atoms with E-state index in [1.165, 1.54) is 19.1 Å². The monoisotopic (exact) mass is 552 g/mol. The van der Waals surface area contributed by atoms with Gasteiger partial charge in [-0.25, -0.2) is 28.8 Å². The predicted octanol–water partition coefficient (Wildman–Crippen LogP) is 3.73. The lowest BCUT2D eigenvalue weighted by Gasteiger charge is -1.96. The van der Waals surface area contributed by atoms with E-state index in [2.05, 4.69) is 35.8 Å². The molecular weight excluding hydrogens is 516 g/mol. The summed E-state index contributed by atoms with van der Waals surface area (Å²) in [6, 6.07) is 0. The molecular formula is C27H36O12. The summed E-state index contributed by atoms with van der Waals surface area (Å²) >= 11 is 0. The Morgan fingerprint density at radius 3 is 1.15 bits per heavy atom. The summed E-state index contributed by atoms with van der Waals surface area (Å²) in [5.74, 6) is -5.01. The lowest BCUT2D eigenvalue weighted by atomic mass is 10.2. The Morgan fingerprint density at radius 2 is 0.949 bits per heavy atom. The van der Waals surface area contributed by atoms with Crippen molar-refractivity contribution in [2.45, 2.75) is 32.6 Å². The topological polar surface area (TPSA) is 202 Å². The smallest absolute Gasteiger partial charge is 0.331 e. The van der Waals surface area contributed by atoms with Crippen LogP contribution in [0, 0.1) is 0 Å². The van der Waals surface area contributed by atoms with Gasteiger partial charge in [-0.1, -0.05) is 50.6 Å². The minimum Gasteiger partial charge on any atom is -0.478 e. The minimum absolute atomic E-state index is 0.116. The highest BCUT2D eigenvalue weighted by atomic mass is 16.5. The Balaban J connectivity index is -0.000000229. The molecule has 216 valence electrons. The van der Waals surface area contributed by atoms with Crippen molar-refractivity contribution < 1.29 is 58.7 Å². The van der Waals surface area contributed by atoms with Gasteiger partial charge in [0.1, 0.15) is 13.2 Å². The van der Waals surface area contributed by atoms with Gasteiger partial charge in [-0.2, -0.15) is 0 Å². The predicted molar refractivity (Wildman–Crippen MR) is 144 cm³/mol. The molecule has 0 rings (SSSR count). The van der Waals surface area contributed by atoms with Gasteiger partial charge in [0, 0.05) is 36.0 Å². The molecule has 0 fully saturated rings. The van der Waals surface area contributed by atoms with Gasteiger partial charge in [0.25, 0.3) is 0 Å². The van der Waals surface area contributed by atoms with E-state index in [0.29, 0.717) is 12.8 Å². The highest BCUT2D eigenvalue weighted by Crippen LogP contribution is 2.01. The van der Waals surface area contributed by atoms with E-state index in [0.717, 1.165) is 43.2 Å². The van der Waals surface area contributed by atoms with Gasteiger partial charge in [-0.05, 0) is 32.6 Å². The van der Waals surface area contributed by atoms with Gasteiger partial charge in [0.05, 0.1) is 0 Å². The van der Waals surface area contributed by atoms with E-state index in [1.807, 2.05) is 0 Å². The molecule has 4 N–H and O–H groups in total. The first kappa shape index (κ1) is 41.1. The third-order valence-electron chi connectivity index (χ3n) is 3.09. The molecule has 0 aromatic carbocycles. The molecule has 0 saturated carbocycles. The maximum atomic E-state index is 10.8. The molecule has 0 heterocycles. The number of aliphatic carboxylic acids is 4. The summed E-state index contributed by atoms with van der Waals surface area (Å²) < 4.78 is 9.15. The van der Waals surface area contributed by atoms with Crippen LogP contribution in [0.5, 0.6) is 0 Å². The molecule has 0 aliphatic carbocycles. The second-order valence-corrected chi connectivity index (χ2v) is 6.56. The Bertz CT molecular complexity index is 844. The Morgan fingerprint density at radius 1 is 0.641 bits per heavy atom. The van der Waals surface area contributed by atoms with Crippen molar-refractivity contribution in [1.29, 1.82) is 0 Å². The van der Waals surface area contributed by atoms with Crippen molar-refractivity contribution in [3.05, 3.63) is 86.6 Å². The molecule has 0 aliphatic rings. The van der Waals surface area contributed by atoms with Gasteiger partial charge in [0.2, 0.25) is 0 Å². The molecule has 0 aromatic heterocycles. The maximum absolute atomic E-state index is 10.8. The van der Waals surface area contributed by atoms with Gasteiger partial charge in [-0.3, -0.25) is 0 Å². The van der Waals surface area contributed by atoms with E-state index >= 15 is 0 Å². The van der Waals surface area contributed by atoms with Crippen LogP contribution in [-0.4, -0.2) is 69.5 Å². The Labute approximate surface area is 227 Å². The molecule has 0 aromatic rings. The summed E-state index contributed by atoms with van der Waals surface area (Å²) in [7, 11) is 0. The third-order valence-corrected chi connectivity index (χ3v) is 3.09. The number of carboxylic acid groups (broad SMARTS) is 4. The number of esters is 2. The van der Waals surface area contributed by atoms with Crippen molar-refractivity contribution in [2.24, 2.45) is 0 Å². The standard InChI is InChI=1S/C10H12O4.C10H14O4.C4H6O2.C3H4O2/c1-3-7-13-9(11)5-6-10(12)14-8-4-2;11-9(12)7-5-3-1-2-4-6-8-10(13)14;1-3(2)4(5)6;1-2-3(4)5/h3-6H,1-2,7-8H2;5-8H,1-4H2,(H,11,12)(H,13,14);1H2,2H3,(H,5,6);2H,1H2,(H,4,5). The van der Waals surface area contributed by atoms with Gasteiger partial charge >= 0.3 is 35.8 Å². The Hall–Kier alpha value is -5.00. The van der Waals surface area contributed by atoms with E-state index in [9.17, 15) is 28.8 Å². The van der Waals surface area contributed by atoms with E-state index < -0.39 is 35.8 Å². The van der Waals surface area contributed by atoms with Crippen LogP contribution >= 0.6 is 0 Å². The molecule has 0 aliphatic heterocycles.